The Morgan fingerprint density at radius 3 is 3.05 bits per heavy atom. The van der Waals surface area contributed by atoms with Crippen LogP contribution in [0.4, 0.5) is 0 Å². The molecule has 0 aliphatic carbocycles. The van der Waals surface area contributed by atoms with Crippen LogP contribution in [-0.2, 0) is 6.54 Å². The van der Waals surface area contributed by atoms with E-state index in [1.807, 2.05) is 6.07 Å². The molecule has 0 saturated carbocycles. The SMILES string of the molecule is CCNC(=NCc1ccon1)N1CCSC(C(C)C)C1.I. The first-order chi connectivity index (χ1) is 9.70. The molecule has 120 valence electrons. The van der Waals surface area contributed by atoms with Crippen molar-refractivity contribution in [1.29, 1.82) is 0 Å². The smallest absolute Gasteiger partial charge is 0.194 e. The van der Waals surface area contributed by atoms with E-state index in [4.69, 9.17) is 4.52 Å². The number of rotatable bonds is 4. The zero-order valence-corrected chi connectivity index (χ0v) is 16.1. The Morgan fingerprint density at radius 2 is 2.43 bits per heavy atom. The second-order valence-electron chi connectivity index (χ2n) is 5.26. The van der Waals surface area contributed by atoms with E-state index in [0.29, 0.717) is 17.7 Å². The molecule has 1 aromatic rings. The highest BCUT2D eigenvalue weighted by atomic mass is 127. The van der Waals surface area contributed by atoms with Crippen molar-refractivity contribution in [2.75, 3.05) is 25.4 Å². The molecule has 1 aromatic heterocycles. The van der Waals surface area contributed by atoms with E-state index >= 15 is 0 Å². The molecular formula is C14H25IN4OS. The number of hydrogen-bond donors (Lipinski definition) is 1. The minimum Gasteiger partial charge on any atom is -0.364 e. The van der Waals surface area contributed by atoms with Crippen molar-refractivity contribution in [3.63, 3.8) is 0 Å². The average Bonchev–Trinajstić information content (AvgIpc) is 2.97. The molecule has 0 aromatic carbocycles. The maximum Gasteiger partial charge on any atom is 0.194 e. The van der Waals surface area contributed by atoms with Crippen LogP contribution >= 0.6 is 35.7 Å². The molecule has 5 nitrogen and oxygen atoms in total. The summed E-state index contributed by atoms with van der Waals surface area (Å²) in [4.78, 5) is 7.04. The van der Waals surface area contributed by atoms with Gasteiger partial charge >= 0.3 is 0 Å². The van der Waals surface area contributed by atoms with Crippen LogP contribution < -0.4 is 5.32 Å². The van der Waals surface area contributed by atoms with Crippen molar-refractivity contribution in [3.05, 3.63) is 18.0 Å². The summed E-state index contributed by atoms with van der Waals surface area (Å²) in [6.45, 7) is 10.2. The van der Waals surface area contributed by atoms with Crippen molar-refractivity contribution < 1.29 is 4.52 Å². The summed E-state index contributed by atoms with van der Waals surface area (Å²) in [7, 11) is 0. The van der Waals surface area contributed by atoms with Crippen LogP contribution in [0.1, 0.15) is 26.5 Å². The van der Waals surface area contributed by atoms with Crippen LogP contribution in [0.5, 0.6) is 0 Å². The lowest BCUT2D eigenvalue weighted by atomic mass is 10.1. The second-order valence-corrected chi connectivity index (χ2v) is 6.61. The van der Waals surface area contributed by atoms with Gasteiger partial charge in [-0.3, -0.25) is 0 Å². The van der Waals surface area contributed by atoms with Gasteiger partial charge < -0.3 is 14.7 Å². The lowest BCUT2D eigenvalue weighted by Gasteiger charge is -2.36. The van der Waals surface area contributed by atoms with Gasteiger partial charge in [-0.25, -0.2) is 4.99 Å². The van der Waals surface area contributed by atoms with Gasteiger partial charge in [0.1, 0.15) is 12.0 Å². The number of halogens is 1. The zero-order valence-electron chi connectivity index (χ0n) is 12.9. The molecule has 1 atom stereocenters. The van der Waals surface area contributed by atoms with Crippen LogP contribution in [-0.4, -0.2) is 46.7 Å². The Hall–Kier alpha value is -0.440. The minimum atomic E-state index is 0. The van der Waals surface area contributed by atoms with E-state index in [1.54, 1.807) is 6.26 Å². The van der Waals surface area contributed by atoms with Gasteiger partial charge in [0.2, 0.25) is 0 Å². The predicted molar refractivity (Wildman–Crippen MR) is 99.4 cm³/mol. The Morgan fingerprint density at radius 1 is 1.62 bits per heavy atom. The van der Waals surface area contributed by atoms with Gasteiger partial charge in [0.15, 0.2) is 5.96 Å². The Labute approximate surface area is 148 Å². The van der Waals surface area contributed by atoms with E-state index in [1.165, 1.54) is 0 Å². The number of nitrogens with zero attached hydrogens (tertiary/aromatic N) is 3. The summed E-state index contributed by atoms with van der Waals surface area (Å²) in [5.41, 5.74) is 0.868. The number of aromatic nitrogens is 1. The van der Waals surface area contributed by atoms with Crippen molar-refractivity contribution >= 4 is 41.7 Å². The number of aliphatic imine (C=N–C) groups is 1. The normalized spacial score (nSPS) is 19.5. The van der Waals surface area contributed by atoms with Crippen LogP contribution in [0.3, 0.4) is 0 Å². The minimum absolute atomic E-state index is 0. The first-order valence-electron chi connectivity index (χ1n) is 7.24. The maximum atomic E-state index is 4.84. The molecule has 0 amide bonds. The molecule has 1 N–H and O–H groups in total. The second kappa shape index (κ2) is 9.55. The van der Waals surface area contributed by atoms with Crippen LogP contribution in [0, 0.1) is 5.92 Å². The van der Waals surface area contributed by atoms with Crippen LogP contribution in [0.2, 0.25) is 0 Å². The molecule has 2 rings (SSSR count). The van der Waals surface area contributed by atoms with Crippen molar-refractivity contribution in [1.82, 2.24) is 15.4 Å². The van der Waals surface area contributed by atoms with Gasteiger partial charge in [-0.15, -0.1) is 24.0 Å². The first kappa shape index (κ1) is 18.6. The first-order valence-corrected chi connectivity index (χ1v) is 8.29. The van der Waals surface area contributed by atoms with Gasteiger partial charge in [0, 0.05) is 36.7 Å². The Bertz CT molecular complexity index is 425. The molecule has 1 unspecified atom stereocenters. The van der Waals surface area contributed by atoms with Gasteiger partial charge in [0.05, 0.1) is 6.54 Å². The standard InChI is InChI=1S/C14H24N4OS.HI/c1-4-15-14(16-9-12-5-7-19-17-12)18-6-8-20-13(10-18)11(2)3;/h5,7,11,13H,4,6,8-10H2,1-3H3,(H,15,16);1H. The third-order valence-electron chi connectivity index (χ3n) is 3.35. The monoisotopic (exact) mass is 424 g/mol. The molecule has 2 heterocycles. The van der Waals surface area contributed by atoms with E-state index in [-0.39, 0.29) is 24.0 Å². The lowest BCUT2D eigenvalue weighted by Crippen LogP contribution is -2.49. The number of hydrogen-bond acceptors (Lipinski definition) is 4. The van der Waals surface area contributed by atoms with E-state index in [0.717, 1.165) is 37.0 Å². The highest BCUT2D eigenvalue weighted by molar-refractivity contribution is 14.0. The fourth-order valence-electron chi connectivity index (χ4n) is 2.17. The molecule has 21 heavy (non-hydrogen) atoms. The van der Waals surface area contributed by atoms with Crippen molar-refractivity contribution in [2.45, 2.75) is 32.6 Å². The van der Waals surface area contributed by atoms with Crippen molar-refractivity contribution in [2.24, 2.45) is 10.9 Å². The number of guanidine groups is 1. The van der Waals surface area contributed by atoms with E-state index in [2.05, 4.69) is 52.9 Å². The van der Waals surface area contributed by atoms with Gasteiger partial charge in [0.25, 0.3) is 0 Å². The fourth-order valence-corrected chi connectivity index (χ4v) is 3.47. The Kier molecular flexibility index (Phi) is 8.46. The molecule has 1 aliphatic heterocycles. The average molecular weight is 424 g/mol. The summed E-state index contributed by atoms with van der Waals surface area (Å²) >= 11 is 2.07. The summed E-state index contributed by atoms with van der Waals surface area (Å²) in [5, 5.41) is 7.97. The fraction of sp³-hybridized carbons (Fsp3) is 0.714. The molecule has 7 heteroatoms. The van der Waals surface area contributed by atoms with Crippen LogP contribution in [0.15, 0.2) is 21.8 Å². The topological polar surface area (TPSA) is 53.7 Å². The summed E-state index contributed by atoms with van der Waals surface area (Å²) in [6, 6.07) is 1.86. The number of nitrogens with one attached hydrogen (secondary N) is 1. The van der Waals surface area contributed by atoms with Gasteiger partial charge in [-0.2, -0.15) is 11.8 Å². The van der Waals surface area contributed by atoms with Crippen LogP contribution in [0.25, 0.3) is 0 Å². The largest absolute Gasteiger partial charge is 0.364 e. The zero-order chi connectivity index (χ0) is 14.4. The molecule has 0 spiro atoms. The molecular weight excluding hydrogens is 399 g/mol. The summed E-state index contributed by atoms with van der Waals surface area (Å²) in [6.07, 6.45) is 1.59. The molecule has 1 fully saturated rings. The van der Waals surface area contributed by atoms with E-state index in [9.17, 15) is 0 Å². The quantitative estimate of drug-likeness (QED) is 0.458. The van der Waals surface area contributed by atoms with Gasteiger partial charge in [-0.1, -0.05) is 19.0 Å². The third-order valence-corrected chi connectivity index (χ3v) is 4.89. The highest BCUT2D eigenvalue weighted by Gasteiger charge is 2.24. The predicted octanol–water partition coefficient (Wildman–Crippen LogP) is 2.83. The van der Waals surface area contributed by atoms with Crippen molar-refractivity contribution in [3.8, 4) is 0 Å². The molecule has 1 aliphatic rings. The number of thioether (sulfide) groups is 1. The highest BCUT2D eigenvalue weighted by Crippen LogP contribution is 2.24. The maximum absolute atomic E-state index is 4.84. The van der Waals surface area contributed by atoms with E-state index < -0.39 is 0 Å². The van der Waals surface area contributed by atoms with Gasteiger partial charge in [-0.05, 0) is 12.8 Å². The summed E-state index contributed by atoms with van der Waals surface area (Å²) < 4.78 is 4.84. The Balaban J connectivity index is 0.00000220. The molecule has 0 radical (unpaired) electrons. The summed E-state index contributed by atoms with van der Waals surface area (Å²) in [5.74, 6) is 2.85. The molecule has 1 saturated heterocycles. The third kappa shape index (κ3) is 5.69. The molecule has 0 bridgehead atoms. The lowest BCUT2D eigenvalue weighted by molar-refractivity contribution is 0.380.